The first-order valence-corrected chi connectivity index (χ1v) is 11.6. The maximum absolute atomic E-state index is 12.9. The van der Waals surface area contributed by atoms with Crippen molar-refractivity contribution >= 4 is 42.6 Å². The van der Waals surface area contributed by atoms with Gasteiger partial charge in [-0.05, 0) is 36.8 Å². The number of fused-ring (bicyclic) bond motifs is 2. The minimum Gasteiger partial charge on any atom is -0.490 e. The van der Waals surface area contributed by atoms with Crippen LogP contribution in [0.5, 0.6) is 11.5 Å². The van der Waals surface area contributed by atoms with Crippen LogP contribution in [-0.2, 0) is 14.8 Å². The van der Waals surface area contributed by atoms with E-state index in [-0.39, 0.29) is 11.4 Å². The molecule has 1 aromatic heterocycles. The number of rotatable bonds is 5. The summed E-state index contributed by atoms with van der Waals surface area (Å²) in [5, 5.41) is 3.11. The number of sulfonamides is 1. The van der Waals surface area contributed by atoms with Crippen molar-refractivity contribution in [3.63, 3.8) is 0 Å². The van der Waals surface area contributed by atoms with Gasteiger partial charge in [0.05, 0.1) is 34.9 Å². The smallest absolute Gasteiger partial charge is 0.243 e. The van der Waals surface area contributed by atoms with Gasteiger partial charge in [0.2, 0.25) is 15.9 Å². The van der Waals surface area contributed by atoms with Crippen LogP contribution in [-0.4, -0.2) is 50.4 Å². The van der Waals surface area contributed by atoms with E-state index in [1.54, 1.807) is 6.07 Å². The third-order valence-electron chi connectivity index (χ3n) is 4.58. The molecule has 0 unspecified atom stereocenters. The summed E-state index contributed by atoms with van der Waals surface area (Å²) in [6.07, 6.45) is 0.724. The zero-order valence-corrected chi connectivity index (χ0v) is 18.2. The Kier molecular flexibility index (Phi) is 5.63. The summed E-state index contributed by atoms with van der Waals surface area (Å²) in [7, 11) is -2.52. The van der Waals surface area contributed by atoms with E-state index in [0.29, 0.717) is 29.8 Å². The summed E-state index contributed by atoms with van der Waals surface area (Å²) in [5.74, 6) is 0.431. The molecule has 8 nitrogen and oxygen atoms in total. The van der Waals surface area contributed by atoms with Gasteiger partial charge in [0.1, 0.15) is 0 Å². The molecule has 0 spiro atoms. The molecule has 0 radical (unpaired) electrons. The van der Waals surface area contributed by atoms with E-state index in [2.05, 4.69) is 10.3 Å². The molecule has 1 N–H and O–H groups in total. The average Bonchev–Trinajstić information content (AvgIpc) is 2.93. The number of nitrogens with zero attached hydrogens (tertiary/aromatic N) is 2. The third kappa shape index (κ3) is 4.25. The highest BCUT2D eigenvalue weighted by molar-refractivity contribution is 7.89. The molecule has 2 aromatic carbocycles. The molecule has 4 rings (SSSR count). The summed E-state index contributed by atoms with van der Waals surface area (Å²) in [6.45, 7) is 2.61. The molecule has 0 aliphatic carbocycles. The Bertz CT molecular complexity index is 1210. The summed E-state index contributed by atoms with van der Waals surface area (Å²) in [6, 6.07) is 10.3. The van der Waals surface area contributed by atoms with E-state index < -0.39 is 15.9 Å². The van der Waals surface area contributed by atoms with Crippen molar-refractivity contribution in [3.8, 4) is 11.5 Å². The number of likely N-dealkylation sites (N-methyl/N-ethyl adjacent to an activating group) is 1. The molecule has 0 bridgehead atoms. The number of aryl methyl sites for hydroxylation is 1. The number of hydrogen-bond acceptors (Lipinski definition) is 7. The van der Waals surface area contributed by atoms with Crippen LogP contribution in [0.15, 0.2) is 41.3 Å². The fraction of sp³-hybridized carbons (Fsp3) is 0.300. The third-order valence-corrected chi connectivity index (χ3v) is 7.32. The van der Waals surface area contributed by atoms with Crippen LogP contribution in [0.1, 0.15) is 12.0 Å². The average molecular weight is 448 g/mol. The van der Waals surface area contributed by atoms with Gasteiger partial charge in [-0.3, -0.25) is 4.79 Å². The van der Waals surface area contributed by atoms with Gasteiger partial charge in [-0.2, -0.15) is 4.31 Å². The van der Waals surface area contributed by atoms with E-state index in [1.165, 1.54) is 30.5 Å². The number of hydrogen-bond donors (Lipinski definition) is 1. The number of ether oxygens (including phenoxy) is 2. The number of aromatic nitrogens is 1. The second kappa shape index (κ2) is 8.21. The van der Waals surface area contributed by atoms with Gasteiger partial charge >= 0.3 is 0 Å². The van der Waals surface area contributed by atoms with Crippen molar-refractivity contribution in [2.75, 3.05) is 32.1 Å². The molecule has 158 valence electrons. The number of anilines is 1. The Morgan fingerprint density at radius 3 is 2.73 bits per heavy atom. The minimum absolute atomic E-state index is 0.0394. The van der Waals surface area contributed by atoms with E-state index in [4.69, 9.17) is 9.47 Å². The van der Waals surface area contributed by atoms with Gasteiger partial charge in [0.15, 0.2) is 16.6 Å². The molecule has 2 heterocycles. The number of thiazole rings is 1. The quantitative estimate of drug-likeness (QED) is 0.646. The summed E-state index contributed by atoms with van der Waals surface area (Å²) < 4.78 is 38.9. The van der Waals surface area contributed by atoms with E-state index in [9.17, 15) is 13.2 Å². The first-order valence-electron chi connectivity index (χ1n) is 9.36. The molecule has 10 heteroatoms. The zero-order chi connectivity index (χ0) is 21.3. The summed E-state index contributed by atoms with van der Waals surface area (Å²) in [4.78, 5) is 16.8. The van der Waals surface area contributed by atoms with Crippen LogP contribution in [0.4, 0.5) is 5.13 Å². The molecule has 0 saturated carbocycles. The molecule has 30 heavy (non-hydrogen) atoms. The van der Waals surface area contributed by atoms with Crippen molar-refractivity contribution < 1.29 is 22.7 Å². The number of amides is 1. The first-order chi connectivity index (χ1) is 14.3. The lowest BCUT2D eigenvalue weighted by atomic mass is 10.2. The van der Waals surface area contributed by atoms with Crippen molar-refractivity contribution in [3.05, 3.63) is 42.0 Å². The van der Waals surface area contributed by atoms with Crippen LogP contribution in [0.2, 0.25) is 0 Å². The van der Waals surface area contributed by atoms with Gasteiger partial charge in [-0.15, -0.1) is 0 Å². The largest absolute Gasteiger partial charge is 0.490 e. The lowest BCUT2D eigenvalue weighted by molar-refractivity contribution is -0.116. The lowest BCUT2D eigenvalue weighted by Crippen LogP contribution is -2.34. The summed E-state index contributed by atoms with van der Waals surface area (Å²) in [5.41, 5.74) is 1.89. The van der Waals surface area contributed by atoms with Crippen molar-refractivity contribution in [1.29, 1.82) is 0 Å². The van der Waals surface area contributed by atoms with Crippen LogP contribution in [0.25, 0.3) is 10.2 Å². The van der Waals surface area contributed by atoms with Gasteiger partial charge < -0.3 is 14.8 Å². The second-order valence-corrected chi connectivity index (χ2v) is 10.0. The molecular formula is C20H21N3O5S2. The lowest BCUT2D eigenvalue weighted by Gasteiger charge is -2.17. The predicted octanol–water partition coefficient (Wildman–Crippen LogP) is 3.03. The van der Waals surface area contributed by atoms with Crippen LogP contribution < -0.4 is 14.8 Å². The molecule has 1 amide bonds. The second-order valence-electron chi connectivity index (χ2n) is 6.96. The van der Waals surface area contributed by atoms with Crippen molar-refractivity contribution in [2.24, 2.45) is 0 Å². The van der Waals surface area contributed by atoms with Crippen LogP contribution >= 0.6 is 11.3 Å². The Balaban J connectivity index is 1.47. The maximum atomic E-state index is 12.9. The fourth-order valence-corrected chi connectivity index (χ4v) is 5.14. The molecule has 0 saturated heterocycles. The predicted molar refractivity (Wildman–Crippen MR) is 115 cm³/mol. The molecule has 1 aliphatic heterocycles. The topological polar surface area (TPSA) is 97.8 Å². The van der Waals surface area contributed by atoms with E-state index in [0.717, 1.165) is 26.5 Å². The Morgan fingerprint density at radius 1 is 1.17 bits per heavy atom. The van der Waals surface area contributed by atoms with Crippen LogP contribution in [0, 0.1) is 6.92 Å². The highest BCUT2D eigenvalue weighted by atomic mass is 32.2. The monoisotopic (exact) mass is 447 g/mol. The molecule has 0 fully saturated rings. The normalized spacial score (nSPS) is 14.0. The Labute approximate surface area is 178 Å². The van der Waals surface area contributed by atoms with Gasteiger partial charge in [-0.25, -0.2) is 13.4 Å². The Hall–Kier alpha value is -2.69. The van der Waals surface area contributed by atoms with Crippen molar-refractivity contribution in [1.82, 2.24) is 9.29 Å². The SMILES string of the molecule is Cc1ccc2nc(NC(=O)CN(C)S(=O)(=O)c3ccc4c(c3)OCCCO4)sc2c1. The van der Waals surface area contributed by atoms with Crippen molar-refractivity contribution in [2.45, 2.75) is 18.2 Å². The van der Waals surface area contributed by atoms with E-state index in [1.807, 2.05) is 25.1 Å². The van der Waals surface area contributed by atoms with Gasteiger partial charge in [0.25, 0.3) is 0 Å². The molecule has 3 aromatic rings. The fourth-order valence-electron chi connectivity index (χ4n) is 3.02. The highest BCUT2D eigenvalue weighted by Gasteiger charge is 2.25. The standard InChI is InChI=1S/C20H21N3O5S2/c1-13-4-6-15-18(10-13)29-20(21-15)22-19(24)12-23(2)30(25,26)14-5-7-16-17(11-14)28-9-3-8-27-16/h4-7,10-11H,3,8-9,12H2,1-2H3,(H,21,22,24). The number of carbonyl (C=O) groups is 1. The minimum atomic E-state index is -3.88. The van der Waals surface area contributed by atoms with E-state index >= 15 is 0 Å². The van der Waals surface area contributed by atoms with Crippen LogP contribution in [0.3, 0.4) is 0 Å². The molecular weight excluding hydrogens is 426 g/mol. The van der Waals surface area contributed by atoms with Gasteiger partial charge in [0, 0.05) is 19.5 Å². The Morgan fingerprint density at radius 2 is 1.93 bits per heavy atom. The highest BCUT2D eigenvalue weighted by Crippen LogP contribution is 2.32. The number of nitrogens with one attached hydrogen (secondary N) is 1. The molecule has 0 atom stereocenters. The maximum Gasteiger partial charge on any atom is 0.243 e. The summed E-state index contributed by atoms with van der Waals surface area (Å²) >= 11 is 1.35. The van der Waals surface area contributed by atoms with Gasteiger partial charge in [-0.1, -0.05) is 17.4 Å². The number of carbonyl (C=O) groups excluding carboxylic acids is 1. The molecule has 1 aliphatic rings. The first kappa shape index (κ1) is 20.6. The zero-order valence-electron chi connectivity index (χ0n) is 16.5. The number of benzene rings is 2.